The number of rotatable bonds is 11. The first-order valence-electron chi connectivity index (χ1n) is 13.8. The second-order valence-corrected chi connectivity index (χ2v) is 11.8. The Labute approximate surface area is 233 Å². The van der Waals surface area contributed by atoms with Gasteiger partial charge in [-0.15, -0.1) is 0 Å². The Bertz CT molecular complexity index is 1110. The zero-order valence-electron chi connectivity index (χ0n) is 22.8. The number of piperazine rings is 1. The molecule has 3 fully saturated rings. The van der Waals surface area contributed by atoms with Gasteiger partial charge in [0.25, 0.3) is 0 Å². The lowest BCUT2D eigenvalue weighted by Gasteiger charge is -2.39. The molecule has 212 valence electrons. The number of hydrogen-bond acceptors (Lipinski definition) is 8. The molecule has 2 heterocycles. The van der Waals surface area contributed by atoms with Gasteiger partial charge in [0.2, 0.25) is 5.91 Å². The number of amides is 1. The Hall–Kier alpha value is -2.56. The van der Waals surface area contributed by atoms with E-state index in [2.05, 4.69) is 11.0 Å². The van der Waals surface area contributed by atoms with Gasteiger partial charge in [0.05, 0.1) is 25.6 Å². The van der Waals surface area contributed by atoms with Crippen LogP contribution in [0.5, 0.6) is 0 Å². The number of carbonyl (C=O) groups excluding carboxylic acids is 4. The van der Waals surface area contributed by atoms with Crippen LogP contribution in [0.2, 0.25) is 0 Å². The van der Waals surface area contributed by atoms with Crippen LogP contribution >= 0.6 is 11.8 Å². The molecular formula is C29H38FN3O5S. The Morgan fingerprint density at radius 1 is 1.13 bits per heavy atom. The quantitative estimate of drug-likeness (QED) is 0.302. The van der Waals surface area contributed by atoms with Crippen LogP contribution in [-0.2, 0) is 23.9 Å². The number of ether oxygens (including phenoxy) is 1. The van der Waals surface area contributed by atoms with E-state index in [1.54, 1.807) is 36.9 Å². The predicted molar refractivity (Wildman–Crippen MR) is 147 cm³/mol. The van der Waals surface area contributed by atoms with Gasteiger partial charge < -0.3 is 9.64 Å². The lowest BCUT2D eigenvalue weighted by atomic mass is 9.93. The maximum Gasteiger partial charge on any atom is 0.307 e. The number of halogens is 1. The summed E-state index contributed by atoms with van der Waals surface area (Å²) in [6.07, 6.45) is 4.64. The molecule has 1 aliphatic carbocycles. The van der Waals surface area contributed by atoms with Crippen LogP contribution in [0.4, 0.5) is 4.39 Å². The number of piperidine rings is 1. The number of ketones is 1. The molecule has 0 aromatic heterocycles. The van der Waals surface area contributed by atoms with Crippen LogP contribution in [0.15, 0.2) is 35.9 Å². The van der Waals surface area contributed by atoms with E-state index < -0.39 is 6.04 Å². The normalized spacial score (nSPS) is 22.6. The van der Waals surface area contributed by atoms with E-state index in [1.807, 2.05) is 4.90 Å². The SMILES string of the molecule is CCOC(=O)CCN1CCN(C/C=C2\CN(C(C(=O)C3CC3)c3ccccc3F)CCC2SC(C)=O)CC1=O. The fraction of sp³-hybridized carbons (Fsp3) is 0.586. The van der Waals surface area contributed by atoms with Gasteiger partial charge in [-0.2, -0.15) is 0 Å². The molecule has 2 aliphatic heterocycles. The summed E-state index contributed by atoms with van der Waals surface area (Å²) in [7, 11) is 0. The summed E-state index contributed by atoms with van der Waals surface area (Å²) in [4.78, 5) is 55.5. The first-order chi connectivity index (χ1) is 18.8. The lowest BCUT2D eigenvalue weighted by Crippen LogP contribution is -2.51. The average molecular weight is 560 g/mol. The highest BCUT2D eigenvalue weighted by molar-refractivity contribution is 8.14. The molecular weight excluding hydrogens is 521 g/mol. The number of likely N-dealkylation sites (tertiary alicyclic amines) is 1. The number of nitrogens with zero attached hydrogens (tertiary/aromatic N) is 3. The standard InChI is InChI=1S/C29H38FN3O5S/c1-3-38-27(36)12-15-32-17-16-31(19-26(32)35)13-10-22-18-33(14-11-25(22)39-20(2)34)28(29(37)21-8-9-21)23-6-4-5-7-24(23)30/h4-7,10,21,25,28H,3,8-9,11-19H2,1-2H3/b22-10+. The largest absolute Gasteiger partial charge is 0.466 e. The Morgan fingerprint density at radius 3 is 2.56 bits per heavy atom. The van der Waals surface area contributed by atoms with Crippen molar-refractivity contribution in [1.82, 2.24) is 14.7 Å². The lowest BCUT2D eigenvalue weighted by molar-refractivity contribution is -0.144. The number of benzene rings is 1. The van der Waals surface area contributed by atoms with Crippen molar-refractivity contribution in [2.75, 3.05) is 52.4 Å². The molecule has 0 radical (unpaired) electrons. The second-order valence-electron chi connectivity index (χ2n) is 10.4. The van der Waals surface area contributed by atoms with Crippen LogP contribution in [-0.4, -0.2) is 95.1 Å². The smallest absolute Gasteiger partial charge is 0.307 e. The molecule has 1 saturated carbocycles. The van der Waals surface area contributed by atoms with Crippen molar-refractivity contribution < 1.29 is 28.3 Å². The molecule has 10 heteroatoms. The minimum absolute atomic E-state index is 0.0161. The zero-order chi connectivity index (χ0) is 27.9. The highest BCUT2D eigenvalue weighted by Crippen LogP contribution is 2.40. The van der Waals surface area contributed by atoms with Crippen molar-refractivity contribution in [1.29, 1.82) is 0 Å². The zero-order valence-corrected chi connectivity index (χ0v) is 23.6. The van der Waals surface area contributed by atoms with E-state index in [-0.39, 0.29) is 52.7 Å². The number of Topliss-reactive ketones (excluding diaryl/α,β-unsaturated/α-hetero) is 1. The molecule has 1 aromatic rings. The van der Waals surface area contributed by atoms with Crippen molar-refractivity contribution in [2.45, 2.75) is 50.8 Å². The highest BCUT2D eigenvalue weighted by Gasteiger charge is 2.41. The third-order valence-electron chi connectivity index (χ3n) is 7.50. The van der Waals surface area contributed by atoms with Crippen LogP contribution < -0.4 is 0 Å². The van der Waals surface area contributed by atoms with Crippen molar-refractivity contribution in [3.63, 3.8) is 0 Å². The van der Waals surface area contributed by atoms with Gasteiger partial charge in [0.1, 0.15) is 5.82 Å². The molecule has 4 rings (SSSR count). The minimum atomic E-state index is -0.644. The summed E-state index contributed by atoms with van der Waals surface area (Å²) >= 11 is 1.29. The van der Waals surface area contributed by atoms with E-state index in [1.165, 1.54) is 17.8 Å². The molecule has 1 amide bonds. The third-order valence-corrected chi connectivity index (χ3v) is 8.66. The molecule has 2 unspecified atom stereocenters. The predicted octanol–water partition coefficient (Wildman–Crippen LogP) is 3.22. The van der Waals surface area contributed by atoms with Gasteiger partial charge in [-0.3, -0.25) is 29.0 Å². The van der Waals surface area contributed by atoms with Gasteiger partial charge >= 0.3 is 5.97 Å². The topological polar surface area (TPSA) is 87.2 Å². The highest BCUT2D eigenvalue weighted by atomic mass is 32.2. The van der Waals surface area contributed by atoms with E-state index >= 15 is 0 Å². The van der Waals surface area contributed by atoms with Crippen molar-refractivity contribution in [2.24, 2.45) is 5.92 Å². The van der Waals surface area contributed by atoms with E-state index in [4.69, 9.17) is 4.74 Å². The molecule has 0 bridgehead atoms. The van der Waals surface area contributed by atoms with Gasteiger partial charge in [0.15, 0.2) is 10.9 Å². The number of carbonyl (C=O) groups is 4. The molecule has 1 aromatic carbocycles. The van der Waals surface area contributed by atoms with E-state index in [9.17, 15) is 23.6 Å². The van der Waals surface area contributed by atoms with Crippen molar-refractivity contribution >= 4 is 34.5 Å². The monoisotopic (exact) mass is 559 g/mol. The summed E-state index contributed by atoms with van der Waals surface area (Å²) in [6, 6.07) is 5.86. The molecule has 0 N–H and O–H groups in total. The average Bonchev–Trinajstić information content (AvgIpc) is 3.75. The second kappa shape index (κ2) is 13.7. The van der Waals surface area contributed by atoms with Gasteiger partial charge in [-0.05, 0) is 37.8 Å². The molecule has 3 aliphatic rings. The fourth-order valence-corrected chi connectivity index (χ4v) is 6.25. The van der Waals surface area contributed by atoms with Gasteiger partial charge in [-0.1, -0.05) is 36.0 Å². The van der Waals surface area contributed by atoms with Crippen LogP contribution in [0.25, 0.3) is 0 Å². The molecule has 0 spiro atoms. The van der Waals surface area contributed by atoms with Crippen LogP contribution in [0, 0.1) is 11.7 Å². The molecule has 2 saturated heterocycles. The maximum atomic E-state index is 14.9. The summed E-state index contributed by atoms with van der Waals surface area (Å²) in [5.41, 5.74) is 1.44. The van der Waals surface area contributed by atoms with E-state index in [0.717, 1.165) is 18.4 Å². The number of hydrogen-bond donors (Lipinski definition) is 0. The minimum Gasteiger partial charge on any atom is -0.466 e. The first-order valence-corrected chi connectivity index (χ1v) is 14.7. The maximum absolute atomic E-state index is 14.9. The Morgan fingerprint density at radius 2 is 1.90 bits per heavy atom. The molecule has 8 nitrogen and oxygen atoms in total. The summed E-state index contributed by atoms with van der Waals surface area (Å²) in [6.45, 7) is 7.04. The molecule has 39 heavy (non-hydrogen) atoms. The summed E-state index contributed by atoms with van der Waals surface area (Å²) < 4.78 is 19.8. The van der Waals surface area contributed by atoms with Crippen LogP contribution in [0.3, 0.4) is 0 Å². The Balaban J connectivity index is 1.44. The fourth-order valence-electron chi connectivity index (χ4n) is 5.31. The summed E-state index contributed by atoms with van der Waals surface area (Å²) in [5.74, 6) is -0.651. The first kappa shape index (κ1) is 29.4. The van der Waals surface area contributed by atoms with Gasteiger partial charge in [0, 0.05) is 62.9 Å². The number of thioether (sulfide) groups is 1. The van der Waals surface area contributed by atoms with Gasteiger partial charge in [-0.25, -0.2) is 4.39 Å². The van der Waals surface area contributed by atoms with E-state index in [0.29, 0.717) is 57.9 Å². The molecule has 2 atom stereocenters. The van der Waals surface area contributed by atoms with Crippen molar-refractivity contribution in [3.8, 4) is 0 Å². The third kappa shape index (κ3) is 7.99. The Kier molecular flexibility index (Phi) is 10.3. The number of esters is 1. The summed E-state index contributed by atoms with van der Waals surface area (Å²) in [5, 5.41) is 0.0158. The van der Waals surface area contributed by atoms with Crippen LogP contribution in [0.1, 0.15) is 51.1 Å². The van der Waals surface area contributed by atoms with Crippen molar-refractivity contribution in [3.05, 3.63) is 47.3 Å².